The van der Waals surface area contributed by atoms with Gasteiger partial charge in [0.25, 0.3) is 0 Å². The van der Waals surface area contributed by atoms with Crippen molar-refractivity contribution >= 4 is 16.9 Å². The van der Waals surface area contributed by atoms with E-state index >= 15 is 0 Å². The molecule has 0 aliphatic rings. The highest BCUT2D eigenvalue weighted by Gasteiger charge is 2.16. The van der Waals surface area contributed by atoms with Crippen LogP contribution in [0.15, 0.2) is 45.6 Å². The van der Waals surface area contributed by atoms with Gasteiger partial charge in [-0.3, -0.25) is 4.79 Å². The quantitative estimate of drug-likeness (QED) is 0.603. The number of carbonyl (C=O) groups excluding carboxylic acids is 1. The Balaban J connectivity index is 2.06. The molecule has 0 aliphatic carbocycles. The summed E-state index contributed by atoms with van der Waals surface area (Å²) in [6.07, 6.45) is 0. The van der Waals surface area contributed by atoms with Crippen molar-refractivity contribution in [2.75, 3.05) is 27.9 Å². The lowest BCUT2D eigenvalue weighted by Crippen LogP contribution is -2.12. The zero-order chi connectivity index (χ0) is 20.3. The van der Waals surface area contributed by atoms with Gasteiger partial charge in [0.05, 0.1) is 32.3 Å². The van der Waals surface area contributed by atoms with E-state index in [2.05, 4.69) is 4.74 Å². The minimum Gasteiger partial charge on any atom is -0.493 e. The lowest BCUT2D eigenvalue weighted by molar-refractivity contribution is -0.142. The maximum Gasteiger partial charge on any atom is 0.343 e. The van der Waals surface area contributed by atoms with Crippen LogP contribution in [0.1, 0.15) is 5.76 Å². The second kappa shape index (κ2) is 8.04. The maximum atomic E-state index is 13.1. The Morgan fingerprint density at radius 3 is 2.43 bits per heavy atom. The predicted octanol–water partition coefficient (Wildman–Crippen LogP) is 3.34. The molecule has 0 N–H and O–H groups in total. The molecule has 0 radical (unpaired) electrons. The van der Waals surface area contributed by atoms with Crippen molar-refractivity contribution < 1.29 is 28.2 Å². The largest absolute Gasteiger partial charge is 0.493 e. The number of hydrogen-bond acceptors (Lipinski definition) is 7. The molecule has 0 saturated carbocycles. The first kappa shape index (κ1) is 19.3. The van der Waals surface area contributed by atoms with Gasteiger partial charge >= 0.3 is 5.97 Å². The van der Waals surface area contributed by atoms with E-state index in [1.165, 1.54) is 14.2 Å². The monoisotopic (exact) mass is 384 g/mol. The van der Waals surface area contributed by atoms with E-state index in [1.54, 1.807) is 50.4 Å². The number of rotatable bonds is 6. The third kappa shape index (κ3) is 3.64. The number of methoxy groups -OCH3 is 3. The fourth-order valence-corrected chi connectivity index (χ4v) is 2.90. The molecule has 0 spiro atoms. The molecule has 0 saturated heterocycles. The number of benzene rings is 2. The highest BCUT2D eigenvalue weighted by molar-refractivity contribution is 5.84. The zero-order valence-corrected chi connectivity index (χ0v) is 16.0. The molecular formula is C21H20O7. The Morgan fingerprint density at radius 2 is 1.75 bits per heavy atom. The van der Waals surface area contributed by atoms with Gasteiger partial charge in [-0.25, -0.2) is 4.79 Å². The SMILES string of the molecule is COC(=O)COc1ccc2c(=O)c(-c3ccc(OC)c(OC)c3)c(C)oc2c1. The van der Waals surface area contributed by atoms with Crippen LogP contribution in [0.4, 0.5) is 0 Å². The first-order valence-corrected chi connectivity index (χ1v) is 8.48. The molecule has 0 amide bonds. The number of aryl methyl sites for hydroxylation is 1. The number of hydrogen-bond donors (Lipinski definition) is 0. The molecule has 0 aliphatic heterocycles. The van der Waals surface area contributed by atoms with Crippen LogP contribution in [-0.2, 0) is 9.53 Å². The molecule has 7 heteroatoms. The van der Waals surface area contributed by atoms with Gasteiger partial charge in [-0.05, 0) is 36.8 Å². The van der Waals surface area contributed by atoms with E-state index in [4.69, 9.17) is 18.6 Å². The number of fused-ring (bicyclic) bond motifs is 1. The third-order valence-electron chi connectivity index (χ3n) is 4.30. The van der Waals surface area contributed by atoms with Crippen molar-refractivity contribution in [2.45, 2.75) is 6.92 Å². The molecule has 0 bridgehead atoms. The highest BCUT2D eigenvalue weighted by Crippen LogP contribution is 2.33. The Kier molecular flexibility index (Phi) is 5.54. The molecule has 28 heavy (non-hydrogen) atoms. The van der Waals surface area contributed by atoms with Crippen LogP contribution >= 0.6 is 0 Å². The summed E-state index contributed by atoms with van der Waals surface area (Å²) in [5.41, 5.74) is 1.30. The van der Waals surface area contributed by atoms with Gasteiger partial charge in [0.15, 0.2) is 18.1 Å². The number of ether oxygens (including phenoxy) is 4. The summed E-state index contributed by atoms with van der Waals surface area (Å²) in [6, 6.07) is 10.0. The molecule has 0 fully saturated rings. The number of carbonyl (C=O) groups is 1. The summed E-state index contributed by atoms with van der Waals surface area (Å²) in [5.74, 6) is 1.45. The molecule has 0 unspecified atom stereocenters. The summed E-state index contributed by atoms with van der Waals surface area (Å²) in [7, 11) is 4.37. The van der Waals surface area contributed by atoms with Crippen LogP contribution in [0, 0.1) is 6.92 Å². The predicted molar refractivity (Wildman–Crippen MR) is 103 cm³/mol. The van der Waals surface area contributed by atoms with Crippen LogP contribution in [0.25, 0.3) is 22.1 Å². The topological polar surface area (TPSA) is 84.2 Å². The van der Waals surface area contributed by atoms with Gasteiger partial charge in [0.1, 0.15) is 17.1 Å². The Morgan fingerprint density at radius 1 is 1.00 bits per heavy atom. The molecule has 0 atom stereocenters. The molecule has 1 heterocycles. The Labute approximate surface area is 161 Å². The highest BCUT2D eigenvalue weighted by atomic mass is 16.6. The summed E-state index contributed by atoms with van der Waals surface area (Å²) in [6.45, 7) is 1.49. The van der Waals surface area contributed by atoms with Crippen LogP contribution in [-0.4, -0.2) is 33.9 Å². The second-order valence-corrected chi connectivity index (χ2v) is 5.95. The third-order valence-corrected chi connectivity index (χ3v) is 4.30. The van der Waals surface area contributed by atoms with Crippen LogP contribution in [0.2, 0.25) is 0 Å². The average Bonchev–Trinajstić information content (AvgIpc) is 2.71. The lowest BCUT2D eigenvalue weighted by atomic mass is 10.0. The van der Waals surface area contributed by atoms with Gasteiger partial charge in [-0.2, -0.15) is 0 Å². The molecule has 146 valence electrons. The minimum absolute atomic E-state index is 0.175. The van der Waals surface area contributed by atoms with Crippen LogP contribution in [0.3, 0.4) is 0 Å². The zero-order valence-electron chi connectivity index (χ0n) is 16.0. The van der Waals surface area contributed by atoms with Crippen molar-refractivity contribution in [3.8, 4) is 28.4 Å². The minimum atomic E-state index is -0.499. The van der Waals surface area contributed by atoms with Crippen LogP contribution < -0.4 is 19.6 Å². The molecule has 3 aromatic rings. The summed E-state index contributed by atoms with van der Waals surface area (Å²) in [4.78, 5) is 24.3. The molecule has 3 rings (SSSR count). The summed E-state index contributed by atoms with van der Waals surface area (Å²) < 4.78 is 26.3. The van der Waals surface area contributed by atoms with Crippen molar-refractivity contribution in [3.05, 3.63) is 52.4 Å². The maximum absolute atomic E-state index is 13.1. The fourth-order valence-electron chi connectivity index (χ4n) is 2.90. The van der Waals surface area contributed by atoms with Gasteiger partial charge in [-0.1, -0.05) is 6.07 Å². The second-order valence-electron chi connectivity index (χ2n) is 5.95. The first-order valence-electron chi connectivity index (χ1n) is 8.48. The van der Waals surface area contributed by atoms with E-state index in [0.29, 0.717) is 45.1 Å². The first-order chi connectivity index (χ1) is 13.5. The van der Waals surface area contributed by atoms with Gasteiger partial charge in [0, 0.05) is 6.07 Å². The van der Waals surface area contributed by atoms with Crippen molar-refractivity contribution in [1.82, 2.24) is 0 Å². The van der Waals surface area contributed by atoms with E-state index in [9.17, 15) is 9.59 Å². The van der Waals surface area contributed by atoms with E-state index < -0.39 is 5.97 Å². The Hall–Kier alpha value is -3.48. The normalized spacial score (nSPS) is 10.6. The van der Waals surface area contributed by atoms with Crippen molar-refractivity contribution in [2.24, 2.45) is 0 Å². The van der Waals surface area contributed by atoms with E-state index in [0.717, 1.165) is 0 Å². The summed E-state index contributed by atoms with van der Waals surface area (Å²) in [5, 5.41) is 0.404. The van der Waals surface area contributed by atoms with Crippen LogP contribution in [0.5, 0.6) is 17.2 Å². The van der Waals surface area contributed by atoms with Crippen molar-refractivity contribution in [3.63, 3.8) is 0 Å². The standard InChI is InChI=1S/C21H20O7/c1-12-20(13-5-8-16(24-2)18(9-13)25-3)21(23)15-7-6-14(10-17(15)28-12)27-11-19(22)26-4/h5-10H,11H2,1-4H3. The Bertz CT molecular complexity index is 1080. The van der Waals surface area contributed by atoms with E-state index in [1.807, 2.05) is 0 Å². The molecule has 2 aromatic carbocycles. The molecule has 7 nitrogen and oxygen atoms in total. The smallest absolute Gasteiger partial charge is 0.343 e. The fraction of sp³-hybridized carbons (Fsp3) is 0.238. The van der Waals surface area contributed by atoms with Gasteiger partial charge < -0.3 is 23.4 Å². The average molecular weight is 384 g/mol. The summed E-state index contributed by atoms with van der Waals surface area (Å²) >= 11 is 0. The van der Waals surface area contributed by atoms with Gasteiger partial charge in [-0.15, -0.1) is 0 Å². The van der Waals surface area contributed by atoms with Gasteiger partial charge in [0.2, 0.25) is 5.43 Å². The molecular weight excluding hydrogens is 364 g/mol. The van der Waals surface area contributed by atoms with Crippen molar-refractivity contribution in [1.29, 1.82) is 0 Å². The van der Waals surface area contributed by atoms with E-state index in [-0.39, 0.29) is 12.0 Å². The lowest BCUT2D eigenvalue weighted by Gasteiger charge is -2.12. The number of esters is 1. The molecule has 1 aromatic heterocycles.